The van der Waals surface area contributed by atoms with E-state index in [9.17, 15) is 0 Å². The van der Waals surface area contributed by atoms with Crippen molar-refractivity contribution in [3.8, 4) is 0 Å². The molecule has 0 aliphatic rings. The second kappa shape index (κ2) is 3.80. The van der Waals surface area contributed by atoms with E-state index in [4.69, 9.17) is 0 Å². The van der Waals surface area contributed by atoms with Gasteiger partial charge in [-0.05, 0) is 17.8 Å². The lowest BCUT2D eigenvalue weighted by Gasteiger charge is -2.24. The summed E-state index contributed by atoms with van der Waals surface area (Å²) in [5, 5.41) is 0. The summed E-state index contributed by atoms with van der Waals surface area (Å²) in [4.78, 5) is 0. The number of allylic oxidation sites excluding steroid dienone is 2. The summed E-state index contributed by atoms with van der Waals surface area (Å²) in [5.74, 6) is 0.732. The fraction of sp³-hybridized carbons (Fsp3) is 0.800. The van der Waals surface area contributed by atoms with Crippen molar-refractivity contribution in [1.82, 2.24) is 0 Å². The molecule has 0 spiro atoms. The van der Waals surface area contributed by atoms with Gasteiger partial charge in [-0.3, -0.25) is 0 Å². The van der Waals surface area contributed by atoms with Crippen LogP contribution in [0, 0.1) is 11.3 Å². The summed E-state index contributed by atoms with van der Waals surface area (Å²) in [6.45, 7) is 11.3. The second-order valence-electron chi connectivity index (χ2n) is 3.79. The molecule has 0 N–H and O–H groups in total. The molecule has 0 rings (SSSR count). The molecule has 10 heavy (non-hydrogen) atoms. The van der Waals surface area contributed by atoms with Gasteiger partial charge in [-0.25, -0.2) is 0 Å². The third-order valence-electron chi connectivity index (χ3n) is 2.27. The normalized spacial score (nSPS) is 13.4. The molecule has 0 radical (unpaired) electrons. The first-order chi connectivity index (χ1) is 4.50. The molecule has 60 valence electrons. The van der Waals surface area contributed by atoms with Crippen molar-refractivity contribution < 1.29 is 0 Å². The Labute approximate surface area is 65.3 Å². The largest absolute Gasteiger partial charge is 0.0883 e. The summed E-state index contributed by atoms with van der Waals surface area (Å²) in [5.41, 5.74) is 0.371. The molecular formula is C10H20. The van der Waals surface area contributed by atoms with Gasteiger partial charge in [0.25, 0.3) is 0 Å². The summed E-state index contributed by atoms with van der Waals surface area (Å²) in [7, 11) is 0. The molecule has 0 bridgehead atoms. The van der Waals surface area contributed by atoms with Gasteiger partial charge in [-0.1, -0.05) is 46.8 Å². The van der Waals surface area contributed by atoms with Crippen LogP contribution >= 0.6 is 0 Å². The van der Waals surface area contributed by atoms with Crippen molar-refractivity contribution in [2.75, 3.05) is 0 Å². The molecule has 0 fully saturated rings. The van der Waals surface area contributed by atoms with Crippen molar-refractivity contribution in [1.29, 1.82) is 0 Å². The van der Waals surface area contributed by atoms with Gasteiger partial charge in [0.15, 0.2) is 0 Å². The Kier molecular flexibility index (Phi) is 3.70. The van der Waals surface area contributed by atoms with Gasteiger partial charge in [0, 0.05) is 0 Å². The Hall–Kier alpha value is -0.260. The van der Waals surface area contributed by atoms with Gasteiger partial charge in [0.1, 0.15) is 0 Å². The van der Waals surface area contributed by atoms with Gasteiger partial charge in [-0.15, -0.1) is 0 Å². The van der Waals surface area contributed by atoms with Crippen LogP contribution < -0.4 is 0 Å². The van der Waals surface area contributed by atoms with Crippen LogP contribution in [-0.2, 0) is 0 Å². The Morgan fingerprint density at radius 1 is 1.30 bits per heavy atom. The maximum atomic E-state index is 2.32. The van der Waals surface area contributed by atoms with Gasteiger partial charge in [0.05, 0.1) is 0 Å². The lowest BCUT2D eigenvalue weighted by Crippen LogP contribution is -2.15. The molecule has 0 atom stereocenters. The minimum Gasteiger partial charge on any atom is -0.0883 e. The first kappa shape index (κ1) is 9.74. The average Bonchev–Trinajstić information content (AvgIpc) is 1.84. The van der Waals surface area contributed by atoms with Crippen molar-refractivity contribution >= 4 is 0 Å². The predicted octanol–water partition coefficient (Wildman–Crippen LogP) is 3.63. The van der Waals surface area contributed by atoms with Gasteiger partial charge < -0.3 is 0 Å². The standard InChI is InChI=1S/C10H20/c1-6-7-8-10(4,5)9(2)3/h7-9H,6H2,1-5H3. The third-order valence-corrected chi connectivity index (χ3v) is 2.27. The molecule has 0 amide bonds. The van der Waals surface area contributed by atoms with Crippen LogP contribution in [0.1, 0.15) is 41.0 Å². The van der Waals surface area contributed by atoms with Crippen LogP contribution in [0.15, 0.2) is 12.2 Å². The summed E-state index contributed by atoms with van der Waals surface area (Å²) < 4.78 is 0. The maximum absolute atomic E-state index is 2.32. The van der Waals surface area contributed by atoms with E-state index in [0.29, 0.717) is 5.41 Å². The molecular weight excluding hydrogens is 120 g/mol. The van der Waals surface area contributed by atoms with Gasteiger partial charge in [-0.2, -0.15) is 0 Å². The molecule has 0 heterocycles. The fourth-order valence-electron chi connectivity index (χ4n) is 0.614. The lowest BCUT2D eigenvalue weighted by atomic mass is 9.81. The molecule has 0 nitrogen and oxygen atoms in total. The van der Waals surface area contributed by atoms with Crippen LogP contribution in [-0.4, -0.2) is 0 Å². The second-order valence-corrected chi connectivity index (χ2v) is 3.79. The first-order valence-electron chi connectivity index (χ1n) is 4.18. The van der Waals surface area contributed by atoms with E-state index >= 15 is 0 Å². The zero-order chi connectivity index (χ0) is 8.20. The number of hydrogen-bond acceptors (Lipinski definition) is 0. The summed E-state index contributed by atoms with van der Waals surface area (Å²) in [6, 6.07) is 0. The Morgan fingerprint density at radius 3 is 2.10 bits per heavy atom. The zero-order valence-corrected chi connectivity index (χ0v) is 7.94. The maximum Gasteiger partial charge on any atom is -0.0152 e. The van der Waals surface area contributed by atoms with Crippen LogP contribution in [0.4, 0.5) is 0 Å². The Balaban J connectivity index is 3.98. The van der Waals surface area contributed by atoms with Gasteiger partial charge in [0.2, 0.25) is 0 Å². The minimum atomic E-state index is 0.371. The van der Waals surface area contributed by atoms with E-state index in [1.165, 1.54) is 0 Å². The topological polar surface area (TPSA) is 0 Å². The number of hydrogen-bond donors (Lipinski definition) is 0. The number of rotatable bonds is 3. The van der Waals surface area contributed by atoms with Crippen LogP contribution in [0.3, 0.4) is 0 Å². The molecule has 0 aromatic heterocycles. The van der Waals surface area contributed by atoms with E-state index < -0.39 is 0 Å². The monoisotopic (exact) mass is 140 g/mol. The average molecular weight is 140 g/mol. The highest BCUT2D eigenvalue weighted by molar-refractivity contribution is 4.95. The van der Waals surface area contributed by atoms with Crippen LogP contribution in [0.2, 0.25) is 0 Å². The van der Waals surface area contributed by atoms with Crippen molar-refractivity contribution in [3.05, 3.63) is 12.2 Å². The molecule has 0 aromatic carbocycles. The molecule has 0 aromatic rings. The Bertz CT molecular complexity index is 107. The highest BCUT2D eigenvalue weighted by atomic mass is 14.2. The molecule has 0 unspecified atom stereocenters. The molecule has 0 aliphatic carbocycles. The van der Waals surface area contributed by atoms with E-state index in [1.807, 2.05) is 0 Å². The molecule has 0 heteroatoms. The highest BCUT2D eigenvalue weighted by Crippen LogP contribution is 2.27. The lowest BCUT2D eigenvalue weighted by molar-refractivity contribution is 0.332. The van der Waals surface area contributed by atoms with Crippen molar-refractivity contribution in [2.45, 2.75) is 41.0 Å². The highest BCUT2D eigenvalue weighted by Gasteiger charge is 2.17. The van der Waals surface area contributed by atoms with Crippen molar-refractivity contribution in [2.24, 2.45) is 11.3 Å². The van der Waals surface area contributed by atoms with E-state index in [-0.39, 0.29) is 0 Å². The van der Waals surface area contributed by atoms with Gasteiger partial charge >= 0.3 is 0 Å². The van der Waals surface area contributed by atoms with E-state index in [2.05, 4.69) is 46.8 Å². The summed E-state index contributed by atoms with van der Waals surface area (Å²) >= 11 is 0. The minimum absolute atomic E-state index is 0.371. The fourth-order valence-corrected chi connectivity index (χ4v) is 0.614. The van der Waals surface area contributed by atoms with Crippen LogP contribution in [0.25, 0.3) is 0 Å². The molecule has 0 aliphatic heterocycles. The quantitative estimate of drug-likeness (QED) is 0.525. The molecule has 0 saturated carbocycles. The summed E-state index contributed by atoms with van der Waals surface area (Å²) in [6.07, 6.45) is 5.72. The van der Waals surface area contributed by atoms with Crippen LogP contribution in [0.5, 0.6) is 0 Å². The Morgan fingerprint density at radius 2 is 1.80 bits per heavy atom. The zero-order valence-electron chi connectivity index (χ0n) is 7.94. The van der Waals surface area contributed by atoms with E-state index in [0.717, 1.165) is 12.3 Å². The van der Waals surface area contributed by atoms with E-state index in [1.54, 1.807) is 0 Å². The van der Waals surface area contributed by atoms with Crippen molar-refractivity contribution in [3.63, 3.8) is 0 Å². The third kappa shape index (κ3) is 3.05. The first-order valence-corrected chi connectivity index (χ1v) is 4.18. The molecule has 0 saturated heterocycles. The smallest absolute Gasteiger partial charge is 0.0152 e. The predicted molar refractivity (Wildman–Crippen MR) is 48.1 cm³/mol. The SMILES string of the molecule is CCC=CC(C)(C)C(C)C.